The second-order valence-electron chi connectivity index (χ2n) is 2.84. The smallest absolute Gasteiger partial charge is 0.247 e. The van der Waals surface area contributed by atoms with Gasteiger partial charge in [-0.3, -0.25) is 9.79 Å². The first kappa shape index (κ1) is 9.68. The minimum absolute atomic E-state index is 0.0777. The zero-order chi connectivity index (χ0) is 10.1. The van der Waals surface area contributed by atoms with E-state index in [2.05, 4.69) is 26.2 Å². The molecule has 1 aliphatic heterocycles. The van der Waals surface area contributed by atoms with Crippen LogP contribution in [0.15, 0.2) is 27.7 Å². The molecule has 0 aromatic heterocycles. The first-order valence-electron chi connectivity index (χ1n) is 3.96. The van der Waals surface area contributed by atoms with E-state index in [0.717, 1.165) is 10.0 Å². The zero-order valence-corrected chi connectivity index (χ0v) is 9.39. The molecule has 0 atom stereocenters. The molecule has 1 aromatic rings. The Morgan fingerprint density at radius 3 is 2.86 bits per heavy atom. The predicted octanol–water partition coefficient (Wildman–Crippen LogP) is 1.98. The third kappa shape index (κ3) is 1.81. The fourth-order valence-corrected chi connectivity index (χ4v) is 1.67. The minimum Gasteiger partial charge on any atom is -0.309 e. The first-order chi connectivity index (χ1) is 6.66. The van der Waals surface area contributed by atoms with Crippen molar-refractivity contribution in [3.8, 4) is 0 Å². The Labute approximate surface area is 94.3 Å². The van der Waals surface area contributed by atoms with Crippen molar-refractivity contribution in [1.82, 2.24) is 5.32 Å². The number of benzene rings is 1. The maximum Gasteiger partial charge on any atom is 0.247 e. The van der Waals surface area contributed by atoms with E-state index in [4.69, 9.17) is 11.6 Å². The summed E-state index contributed by atoms with van der Waals surface area (Å²) in [5.41, 5.74) is 0.854. The van der Waals surface area contributed by atoms with E-state index in [1.165, 1.54) is 0 Å². The summed E-state index contributed by atoms with van der Waals surface area (Å²) in [6, 6.07) is 5.40. The van der Waals surface area contributed by atoms with E-state index in [9.17, 15) is 4.79 Å². The van der Waals surface area contributed by atoms with Crippen LogP contribution in [0.25, 0.3) is 0 Å². The molecule has 0 bridgehead atoms. The lowest BCUT2D eigenvalue weighted by Crippen LogP contribution is -2.25. The van der Waals surface area contributed by atoms with Crippen LogP contribution in [0.4, 0.5) is 0 Å². The van der Waals surface area contributed by atoms with Gasteiger partial charge in [0.2, 0.25) is 5.91 Å². The number of carbonyl (C=O) groups is 1. The quantitative estimate of drug-likeness (QED) is 0.835. The van der Waals surface area contributed by atoms with Gasteiger partial charge >= 0.3 is 0 Å². The lowest BCUT2D eigenvalue weighted by Gasteiger charge is -2.02. The molecule has 3 nitrogen and oxygen atoms in total. The summed E-state index contributed by atoms with van der Waals surface area (Å²) in [5.74, 6) is 0.526. The molecule has 0 fully saturated rings. The number of carbonyl (C=O) groups excluding carboxylic acids is 1. The van der Waals surface area contributed by atoms with E-state index < -0.39 is 0 Å². The third-order valence-electron chi connectivity index (χ3n) is 1.83. The number of rotatable bonds is 1. The van der Waals surface area contributed by atoms with Gasteiger partial charge in [0.1, 0.15) is 12.4 Å². The molecule has 0 aliphatic carbocycles. The summed E-state index contributed by atoms with van der Waals surface area (Å²) in [6.07, 6.45) is 0. The van der Waals surface area contributed by atoms with Crippen LogP contribution in [0.5, 0.6) is 0 Å². The van der Waals surface area contributed by atoms with E-state index in [-0.39, 0.29) is 12.5 Å². The van der Waals surface area contributed by atoms with Gasteiger partial charge in [0, 0.05) is 10.0 Å². The highest BCUT2D eigenvalue weighted by Crippen LogP contribution is 2.23. The fraction of sp³-hybridized carbons (Fsp3) is 0.111. The van der Waals surface area contributed by atoms with E-state index in [1.54, 1.807) is 6.07 Å². The highest BCUT2D eigenvalue weighted by Gasteiger charge is 2.15. The Kier molecular flexibility index (Phi) is 2.56. The molecule has 0 saturated heterocycles. The van der Waals surface area contributed by atoms with Crippen molar-refractivity contribution < 1.29 is 4.79 Å². The van der Waals surface area contributed by atoms with Crippen molar-refractivity contribution in [1.29, 1.82) is 0 Å². The van der Waals surface area contributed by atoms with Gasteiger partial charge < -0.3 is 5.32 Å². The number of hydrogen-bond acceptors (Lipinski definition) is 2. The molecule has 14 heavy (non-hydrogen) atoms. The zero-order valence-electron chi connectivity index (χ0n) is 7.05. The lowest BCUT2D eigenvalue weighted by molar-refractivity contribution is -0.117. The lowest BCUT2D eigenvalue weighted by atomic mass is 10.2. The molecule has 1 N–H and O–H groups in total. The van der Waals surface area contributed by atoms with Crippen LogP contribution in [0, 0.1) is 0 Å². The molecule has 1 heterocycles. The number of nitrogens with one attached hydrogen (secondary N) is 1. The monoisotopic (exact) mass is 272 g/mol. The standard InChI is InChI=1S/C9H6BrClN2O/c10-6-3-5(1-2-7(6)11)9-12-4-8(14)13-9/h1-3H,4H2,(H,12,13,14). The summed E-state index contributed by atoms with van der Waals surface area (Å²) in [4.78, 5) is 15.0. The number of amides is 1. The number of nitrogens with zero attached hydrogens (tertiary/aromatic N) is 1. The van der Waals surface area contributed by atoms with Crippen LogP contribution in [0.2, 0.25) is 5.02 Å². The number of amidine groups is 1. The molecule has 1 amide bonds. The summed E-state index contributed by atoms with van der Waals surface area (Å²) in [7, 11) is 0. The van der Waals surface area contributed by atoms with Gasteiger partial charge in [-0.05, 0) is 34.1 Å². The van der Waals surface area contributed by atoms with Crippen LogP contribution >= 0.6 is 27.5 Å². The molecule has 0 unspecified atom stereocenters. The molecule has 0 radical (unpaired) electrons. The molecule has 5 heteroatoms. The Morgan fingerprint density at radius 1 is 1.50 bits per heavy atom. The second kappa shape index (κ2) is 3.71. The predicted molar refractivity (Wildman–Crippen MR) is 58.7 cm³/mol. The minimum atomic E-state index is -0.0777. The average molecular weight is 274 g/mol. The molecular weight excluding hydrogens is 267 g/mol. The number of aliphatic imine (C=N–C) groups is 1. The molecule has 1 aliphatic rings. The van der Waals surface area contributed by atoms with Crippen LogP contribution < -0.4 is 5.32 Å². The SMILES string of the molecule is O=C1CN=C(c2ccc(Cl)c(Br)c2)N1. The van der Waals surface area contributed by atoms with Crippen molar-refractivity contribution in [3.05, 3.63) is 33.3 Å². The molecule has 2 rings (SSSR count). The summed E-state index contributed by atoms with van der Waals surface area (Å²) in [5, 5.41) is 3.30. The van der Waals surface area contributed by atoms with Gasteiger partial charge in [-0.1, -0.05) is 11.6 Å². The Morgan fingerprint density at radius 2 is 2.29 bits per heavy atom. The van der Waals surface area contributed by atoms with E-state index >= 15 is 0 Å². The average Bonchev–Trinajstić information content (AvgIpc) is 2.57. The van der Waals surface area contributed by atoms with E-state index in [1.807, 2.05) is 12.1 Å². The molecule has 72 valence electrons. The largest absolute Gasteiger partial charge is 0.309 e. The maximum atomic E-state index is 10.9. The molecule has 0 spiro atoms. The van der Waals surface area contributed by atoms with Gasteiger partial charge in [0.25, 0.3) is 0 Å². The van der Waals surface area contributed by atoms with Gasteiger partial charge in [-0.2, -0.15) is 0 Å². The van der Waals surface area contributed by atoms with Crippen LogP contribution in [-0.2, 0) is 4.79 Å². The van der Waals surface area contributed by atoms with Crippen molar-refractivity contribution in [2.75, 3.05) is 6.54 Å². The third-order valence-corrected chi connectivity index (χ3v) is 3.05. The second-order valence-corrected chi connectivity index (χ2v) is 4.10. The Hall–Kier alpha value is -0.870. The highest BCUT2D eigenvalue weighted by molar-refractivity contribution is 9.10. The van der Waals surface area contributed by atoms with Crippen molar-refractivity contribution in [2.45, 2.75) is 0 Å². The van der Waals surface area contributed by atoms with Crippen molar-refractivity contribution >= 4 is 39.3 Å². The van der Waals surface area contributed by atoms with Crippen LogP contribution in [-0.4, -0.2) is 18.3 Å². The molecule has 1 aromatic carbocycles. The van der Waals surface area contributed by atoms with Crippen molar-refractivity contribution in [3.63, 3.8) is 0 Å². The highest BCUT2D eigenvalue weighted by atomic mass is 79.9. The summed E-state index contributed by atoms with van der Waals surface area (Å²) >= 11 is 9.15. The maximum absolute atomic E-state index is 10.9. The Balaban J connectivity index is 2.34. The molecular formula is C9H6BrClN2O. The Bertz CT molecular complexity index is 431. The summed E-state index contributed by atoms with van der Waals surface area (Å²) in [6.45, 7) is 0.204. The van der Waals surface area contributed by atoms with Crippen LogP contribution in [0.3, 0.4) is 0 Å². The number of halogens is 2. The number of hydrogen-bond donors (Lipinski definition) is 1. The van der Waals surface area contributed by atoms with Gasteiger partial charge in [0.15, 0.2) is 0 Å². The van der Waals surface area contributed by atoms with Crippen molar-refractivity contribution in [2.24, 2.45) is 4.99 Å². The molecule has 0 saturated carbocycles. The van der Waals surface area contributed by atoms with Gasteiger partial charge in [-0.15, -0.1) is 0 Å². The van der Waals surface area contributed by atoms with Gasteiger partial charge in [0.05, 0.1) is 5.02 Å². The topological polar surface area (TPSA) is 41.5 Å². The van der Waals surface area contributed by atoms with E-state index in [0.29, 0.717) is 10.9 Å². The summed E-state index contributed by atoms with van der Waals surface area (Å²) < 4.78 is 0.792. The van der Waals surface area contributed by atoms with Gasteiger partial charge in [-0.25, -0.2) is 0 Å². The normalized spacial score (nSPS) is 15.3. The van der Waals surface area contributed by atoms with Crippen LogP contribution in [0.1, 0.15) is 5.56 Å². The first-order valence-corrected chi connectivity index (χ1v) is 5.13. The fourth-order valence-electron chi connectivity index (χ4n) is 1.17.